The Bertz CT molecular complexity index is 768. The highest BCUT2D eigenvalue weighted by molar-refractivity contribution is 5.85. The summed E-state index contributed by atoms with van der Waals surface area (Å²) in [6, 6.07) is 0. The molecule has 4 aliphatic rings. The maximum absolute atomic E-state index is 13.5. The zero-order valence-corrected chi connectivity index (χ0v) is 16.6. The number of hydrogen-bond donors (Lipinski definition) is 1. The minimum Gasteiger partial charge on any atom is -0.390 e. The molecule has 3 nitrogen and oxygen atoms in total. The van der Waals surface area contributed by atoms with Crippen molar-refractivity contribution in [2.24, 2.45) is 28.6 Å². The van der Waals surface area contributed by atoms with Crippen LogP contribution in [0.2, 0.25) is 0 Å². The molecule has 0 aromatic carbocycles. The van der Waals surface area contributed by atoms with Gasteiger partial charge in [0.1, 0.15) is 5.78 Å². The normalized spacial score (nSPS) is 49.5. The van der Waals surface area contributed by atoms with Gasteiger partial charge in [-0.3, -0.25) is 4.79 Å². The number of allylic oxidation sites excluding steroid dienone is 3. The zero-order valence-electron chi connectivity index (χ0n) is 16.6. The lowest BCUT2D eigenvalue weighted by molar-refractivity contribution is -0.142. The van der Waals surface area contributed by atoms with E-state index in [1.54, 1.807) is 0 Å². The Morgan fingerprint density at radius 2 is 1.96 bits per heavy atom. The summed E-state index contributed by atoms with van der Waals surface area (Å²) in [5.41, 5.74) is 2.56. The number of ketones is 1. The number of Topliss-reactive ketones (excluding diaryl/α,β-unsaturated/α-hetero) is 1. The Morgan fingerprint density at radius 1 is 1.23 bits per heavy atom. The van der Waals surface area contributed by atoms with Gasteiger partial charge in [0.2, 0.25) is 0 Å². The fourth-order valence-electron chi connectivity index (χ4n) is 7.11. The van der Waals surface area contributed by atoms with E-state index in [-0.39, 0.29) is 16.7 Å². The molecule has 4 aliphatic carbocycles. The summed E-state index contributed by atoms with van der Waals surface area (Å²) in [5.74, 6) is 1.41. The van der Waals surface area contributed by atoms with Gasteiger partial charge in [0, 0.05) is 12.3 Å². The molecule has 0 heterocycles. The molecule has 0 aromatic rings. The van der Waals surface area contributed by atoms with Crippen LogP contribution < -0.4 is 0 Å². The van der Waals surface area contributed by atoms with Crippen molar-refractivity contribution in [3.8, 4) is 0 Å². The lowest BCUT2D eigenvalue weighted by atomic mass is 9.46. The van der Waals surface area contributed by atoms with E-state index in [2.05, 4.69) is 24.8 Å². The summed E-state index contributed by atoms with van der Waals surface area (Å²) < 4.78 is 0. The van der Waals surface area contributed by atoms with E-state index in [1.165, 1.54) is 11.1 Å². The zero-order chi connectivity index (χ0) is 18.9. The molecule has 0 unspecified atom stereocenters. The van der Waals surface area contributed by atoms with Crippen LogP contribution in [0.4, 0.5) is 0 Å². The van der Waals surface area contributed by atoms with Gasteiger partial charge < -0.3 is 5.11 Å². The highest BCUT2D eigenvalue weighted by atomic mass is 16.3. The molecule has 0 spiro atoms. The van der Waals surface area contributed by atoms with Gasteiger partial charge in [0.25, 0.3) is 0 Å². The first-order chi connectivity index (χ1) is 12.1. The highest BCUT2D eigenvalue weighted by Gasteiger charge is 2.61. The van der Waals surface area contributed by atoms with Crippen LogP contribution in [0.25, 0.3) is 4.85 Å². The number of carbonyl (C=O) groups excluding carboxylic acids is 1. The van der Waals surface area contributed by atoms with E-state index < -0.39 is 5.60 Å². The van der Waals surface area contributed by atoms with Gasteiger partial charge in [-0.15, -0.1) is 0 Å². The van der Waals surface area contributed by atoms with Crippen LogP contribution in [0.3, 0.4) is 0 Å². The number of hydrogen-bond acceptors (Lipinski definition) is 2. The number of fused-ring (bicyclic) bond motifs is 5. The second-order valence-corrected chi connectivity index (χ2v) is 10.1. The van der Waals surface area contributed by atoms with Gasteiger partial charge in [0.15, 0.2) is 5.70 Å². The Labute approximate surface area is 157 Å². The summed E-state index contributed by atoms with van der Waals surface area (Å²) in [7, 11) is 0. The van der Waals surface area contributed by atoms with Crippen LogP contribution in [-0.2, 0) is 4.79 Å². The topological polar surface area (TPSA) is 41.7 Å². The van der Waals surface area contributed by atoms with Crippen molar-refractivity contribution >= 4 is 5.78 Å². The fraction of sp³-hybridized carbons (Fsp3) is 0.739. The van der Waals surface area contributed by atoms with E-state index in [4.69, 9.17) is 6.57 Å². The molecule has 0 radical (unpaired) electrons. The average Bonchev–Trinajstić information content (AvgIpc) is 2.91. The molecule has 0 saturated heterocycles. The molecular weight excluding hydrogens is 322 g/mol. The molecule has 0 bridgehead atoms. The van der Waals surface area contributed by atoms with Crippen molar-refractivity contribution in [3.63, 3.8) is 0 Å². The van der Waals surface area contributed by atoms with Gasteiger partial charge in [-0.1, -0.05) is 31.1 Å². The standard InChI is InChI=1S/C23H31NO2/c1-14(24-5)17-8-9-18-16-7-6-15-12-21(2,26)10-11-22(15,3)20(16)19(25)13-23(17,18)4/h6,16,18,20,26H,7-13H2,1-4H3/b17-14-/t16-,18-,20+,21+,22-,23+/m0/s1. The van der Waals surface area contributed by atoms with Crippen LogP contribution in [0.15, 0.2) is 22.9 Å². The van der Waals surface area contributed by atoms with Crippen molar-refractivity contribution in [1.82, 2.24) is 0 Å². The van der Waals surface area contributed by atoms with E-state index in [1.807, 2.05) is 13.8 Å². The predicted molar refractivity (Wildman–Crippen MR) is 102 cm³/mol. The minimum absolute atomic E-state index is 0.0785. The molecule has 0 amide bonds. The van der Waals surface area contributed by atoms with Crippen molar-refractivity contribution in [2.75, 3.05) is 0 Å². The van der Waals surface area contributed by atoms with E-state index in [9.17, 15) is 9.90 Å². The van der Waals surface area contributed by atoms with E-state index >= 15 is 0 Å². The van der Waals surface area contributed by atoms with Crippen LogP contribution in [0.1, 0.15) is 72.6 Å². The molecule has 26 heavy (non-hydrogen) atoms. The molecule has 0 aliphatic heterocycles. The van der Waals surface area contributed by atoms with E-state index in [0.29, 0.717) is 30.5 Å². The lowest BCUT2D eigenvalue weighted by Gasteiger charge is -2.57. The molecule has 140 valence electrons. The first kappa shape index (κ1) is 18.0. The quantitative estimate of drug-likeness (QED) is 0.488. The first-order valence-electron chi connectivity index (χ1n) is 10.1. The summed E-state index contributed by atoms with van der Waals surface area (Å²) in [6.07, 6.45) is 8.41. The van der Waals surface area contributed by atoms with Crippen LogP contribution >= 0.6 is 0 Å². The second kappa shape index (κ2) is 5.55. The van der Waals surface area contributed by atoms with Crippen molar-refractivity contribution in [1.29, 1.82) is 0 Å². The second-order valence-electron chi connectivity index (χ2n) is 10.1. The predicted octanol–water partition coefficient (Wildman–Crippen LogP) is 5.07. The van der Waals surface area contributed by atoms with Gasteiger partial charge in [-0.05, 0) is 75.0 Å². The maximum Gasteiger partial charge on any atom is 0.162 e. The third kappa shape index (κ3) is 2.31. The number of carbonyl (C=O) groups is 1. The average molecular weight is 354 g/mol. The highest BCUT2D eigenvalue weighted by Crippen LogP contribution is 2.65. The fourth-order valence-corrected chi connectivity index (χ4v) is 7.11. The Balaban J connectivity index is 1.76. The van der Waals surface area contributed by atoms with Crippen molar-refractivity contribution in [3.05, 3.63) is 34.3 Å². The van der Waals surface area contributed by atoms with Crippen molar-refractivity contribution < 1.29 is 9.90 Å². The smallest absolute Gasteiger partial charge is 0.162 e. The molecule has 6 atom stereocenters. The Morgan fingerprint density at radius 3 is 2.65 bits per heavy atom. The Kier molecular flexibility index (Phi) is 3.84. The minimum atomic E-state index is -0.625. The number of nitrogens with zero attached hydrogens (tertiary/aromatic N) is 1. The van der Waals surface area contributed by atoms with Gasteiger partial charge in [-0.25, -0.2) is 4.85 Å². The SMILES string of the molecule is [C-]#[N+]/C(C)=C1/CC[C@H]2[C@@H]3CC=C4C[C@](C)(O)CC[C@]4(C)[C@H]3C(=O)C[C@]12C. The maximum atomic E-state index is 13.5. The molecule has 3 heteroatoms. The summed E-state index contributed by atoms with van der Waals surface area (Å²) in [6.45, 7) is 15.8. The third-order valence-electron chi connectivity index (χ3n) is 8.46. The number of aliphatic hydroxyl groups is 1. The van der Waals surface area contributed by atoms with Crippen molar-refractivity contribution in [2.45, 2.75) is 78.2 Å². The largest absolute Gasteiger partial charge is 0.390 e. The molecule has 0 aromatic heterocycles. The van der Waals surface area contributed by atoms with Gasteiger partial charge in [0.05, 0.1) is 12.2 Å². The summed E-state index contributed by atoms with van der Waals surface area (Å²) in [4.78, 5) is 17.2. The monoisotopic (exact) mass is 353 g/mol. The molecule has 3 saturated carbocycles. The Hall–Kier alpha value is -1.40. The molecule has 4 rings (SSSR count). The van der Waals surface area contributed by atoms with E-state index in [0.717, 1.165) is 37.8 Å². The van der Waals surface area contributed by atoms with Crippen LogP contribution in [0.5, 0.6) is 0 Å². The lowest BCUT2D eigenvalue weighted by Crippen LogP contribution is -2.55. The molecule has 1 N–H and O–H groups in total. The molecule has 3 fully saturated rings. The summed E-state index contributed by atoms with van der Waals surface area (Å²) >= 11 is 0. The third-order valence-corrected chi connectivity index (χ3v) is 8.46. The molecular formula is C23H31NO2. The number of rotatable bonds is 0. The van der Waals surface area contributed by atoms with Crippen LogP contribution in [0, 0.1) is 35.2 Å². The summed E-state index contributed by atoms with van der Waals surface area (Å²) in [5, 5.41) is 10.5. The first-order valence-corrected chi connectivity index (χ1v) is 10.1. The van der Waals surface area contributed by atoms with Gasteiger partial charge >= 0.3 is 0 Å². The van der Waals surface area contributed by atoms with Crippen LogP contribution in [-0.4, -0.2) is 16.5 Å². The van der Waals surface area contributed by atoms with Gasteiger partial charge in [-0.2, -0.15) is 0 Å².